The molecule has 1 aliphatic heterocycles. The molecular formula is C23H20F3N3O4. The Bertz CT molecular complexity index is 1160. The van der Waals surface area contributed by atoms with E-state index in [0.717, 1.165) is 30.3 Å². The minimum atomic E-state index is -1.04. The molecule has 3 heterocycles. The number of halogens is 3. The normalized spacial score (nSPS) is 22.7. The lowest BCUT2D eigenvalue weighted by molar-refractivity contribution is -0.163. The van der Waals surface area contributed by atoms with Crippen molar-refractivity contribution in [3.05, 3.63) is 77.5 Å². The number of aromatic nitrogens is 2. The molecule has 0 unspecified atom stereocenters. The van der Waals surface area contributed by atoms with Gasteiger partial charge in [-0.1, -0.05) is 6.07 Å². The summed E-state index contributed by atoms with van der Waals surface area (Å²) >= 11 is 0. The quantitative estimate of drug-likeness (QED) is 0.553. The Morgan fingerprint density at radius 2 is 1.82 bits per heavy atom. The van der Waals surface area contributed by atoms with Crippen molar-refractivity contribution >= 4 is 11.6 Å². The summed E-state index contributed by atoms with van der Waals surface area (Å²) in [5, 5.41) is 22.6. The summed E-state index contributed by atoms with van der Waals surface area (Å²) in [6.45, 7) is 1.62. The van der Waals surface area contributed by atoms with Gasteiger partial charge >= 0.3 is 0 Å². The van der Waals surface area contributed by atoms with Gasteiger partial charge in [-0.3, -0.25) is 9.78 Å². The lowest BCUT2D eigenvalue weighted by Crippen LogP contribution is -2.44. The highest BCUT2D eigenvalue weighted by atomic mass is 19.1. The van der Waals surface area contributed by atoms with Gasteiger partial charge in [-0.2, -0.15) is 0 Å². The van der Waals surface area contributed by atoms with Crippen LogP contribution in [0.15, 0.2) is 48.8 Å². The van der Waals surface area contributed by atoms with Gasteiger partial charge < -0.3 is 20.3 Å². The number of aliphatic hydroxyl groups excluding tert-OH is 2. The van der Waals surface area contributed by atoms with Crippen LogP contribution in [0.1, 0.15) is 35.5 Å². The summed E-state index contributed by atoms with van der Waals surface area (Å²) in [6.07, 6.45) is -0.419. The second-order valence-corrected chi connectivity index (χ2v) is 7.66. The molecule has 0 saturated carbocycles. The van der Waals surface area contributed by atoms with Gasteiger partial charge in [-0.15, -0.1) is 0 Å². The van der Waals surface area contributed by atoms with Crippen LogP contribution in [0.4, 0.5) is 18.9 Å². The highest BCUT2D eigenvalue weighted by Crippen LogP contribution is 2.35. The first kappa shape index (κ1) is 22.8. The Morgan fingerprint density at radius 1 is 1.09 bits per heavy atom. The van der Waals surface area contributed by atoms with Crippen molar-refractivity contribution in [1.29, 1.82) is 0 Å². The molecule has 10 heteroatoms. The van der Waals surface area contributed by atoms with Gasteiger partial charge in [0.2, 0.25) is 0 Å². The third-order valence-electron chi connectivity index (χ3n) is 5.44. The van der Waals surface area contributed by atoms with Gasteiger partial charge in [0, 0.05) is 18.2 Å². The first-order valence-electron chi connectivity index (χ1n) is 10.1. The zero-order valence-electron chi connectivity index (χ0n) is 17.4. The lowest BCUT2D eigenvalue weighted by atomic mass is 9.94. The number of ether oxygens (including phenoxy) is 1. The molecule has 0 radical (unpaired) electrons. The molecule has 3 aromatic rings. The van der Waals surface area contributed by atoms with Crippen LogP contribution >= 0.6 is 0 Å². The van der Waals surface area contributed by atoms with Crippen LogP contribution in [0.25, 0.3) is 11.3 Å². The number of hydrogen-bond donors (Lipinski definition) is 3. The Hall–Kier alpha value is -3.34. The van der Waals surface area contributed by atoms with E-state index in [4.69, 9.17) is 4.74 Å². The standard InChI is InChI=1S/C23H20F3N3O4/c1-11-22(31)18(30)9-19(33-11)12-7-8-27-10-17(12)29-23(32)16-6-5-15(26)21(28-16)20-13(24)3-2-4-14(20)25/h2-8,10-11,18-19,22,30-31H,9H2,1H3,(H,29,32)/t11-,18-,19-,22-/m0/s1. The Kier molecular flexibility index (Phi) is 6.41. The van der Waals surface area contributed by atoms with Crippen molar-refractivity contribution in [3.8, 4) is 11.3 Å². The predicted molar refractivity (Wildman–Crippen MR) is 112 cm³/mol. The fraction of sp³-hybridized carbons (Fsp3) is 0.261. The molecule has 4 atom stereocenters. The number of anilines is 1. The van der Waals surface area contributed by atoms with E-state index in [1.165, 1.54) is 12.4 Å². The van der Waals surface area contributed by atoms with Crippen LogP contribution in [-0.4, -0.2) is 44.4 Å². The van der Waals surface area contributed by atoms with Crippen LogP contribution in [0, 0.1) is 17.5 Å². The van der Waals surface area contributed by atoms with E-state index in [1.807, 2.05) is 0 Å². The molecule has 33 heavy (non-hydrogen) atoms. The summed E-state index contributed by atoms with van der Waals surface area (Å²) in [6, 6.07) is 6.64. The topological polar surface area (TPSA) is 105 Å². The first-order valence-corrected chi connectivity index (χ1v) is 10.1. The maximum atomic E-state index is 14.3. The van der Waals surface area contributed by atoms with Crippen molar-refractivity contribution in [1.82, 2.24) is 9.97 Å². The Balaban J connectivity index is 1.63. The van der Waals surface area contributed by atoms with Crippen LogP contribution in [0.5, 0.6) is 0 Å². The Morgan fingerprint density at radius 3 is 2.52 bits per heavy atom. The van der Waals surface area contributed by atoms with Crippen LogP contribution in [0.3, 0.4) is 0 Å². The number of carbonyl (C=O) groups is 1. The third-order valence-corrected chi connectivity index (χ3v) is 5.44. The summed E-state index contributed by atoms with van der Waals surface area (Å²) in [4.78, 5) is 20.7. The van der Waals surface area contributed by atoms with Gasteiger partial charge in [-0.05, 0) is 37.3 Å². The van der Waals surface area contributed by atoms with Crippen molar-refractivity contribution in [3.63, 3.8) is 0 Å². The van der Waals surface area contributed by atoms with E-state index in [2.05, 4.69) is 15.3 Å². The maximum absolute atomic E-state index is 14.3. The van der Waals surface area contributed by atoms with Gasteiger partial charge in [0.05, 0.1) is 35.8 Å². The van der Waals surface area contributed by atoms with Gasteiger partial charge in [-0.25, -0.2) is 18.2 Å². The van der Waals surface area contributed by atoms with E-state index in [9.17, 15) is 28.2 Å². The largest absolute Gasteiger partial charge is 0.390 e. The number of nitrogens with zero attached hydrogens (tertiary/aromatic N) is 2. The molecule has 7 nitrogen and oxygen atoms in total. The third kappa shape index (κ3) is 4.58. The van der Waals surface area contributed by atoms with Crippen molar-refractivity contribution in [2.24, 2.45) is 0 Å². The molecule has 1 saturated heterocycles. The monoisotopic (exact) mass is 459 g/mol. The summed E-state index contributed by atoms with van der Waals surface area (Å²) in [5.41, 5.74) is -0.848. The molecule has 1 aromatic carbocycles. The SMILES string of the molecule is C[C@@H]1O[C@H](c2ccncc2NC(=O)c2ccc(F)c(-c3c(F)cccc3F)n2)C[C@H](O)[C@H]1O. The summed E-state index contributed by atoms with van der Waals surface area (Å²) < 4.78 is 48.4. The zero-order valence-corrected chi connectivity index (χ0v) is 17.4. The second kappa shape index (κ2) is 9.26. The lowest BCUT2D eigenvalue weighted by Gasteiger charge is -2.36. The van der Waals surface area contributed by atoms with E-state index < -0.39 is 59.0 Å². The molecular weight excluding hydrogens is 439 g/mol. The Labute approximate surface area is 186 Å². The molecule has 2 aromatic heterocycles. The van der Waals surface area contributed by atoms with Crippen molar-refractivity contribution in [2.75, 3.05) is 5.32 Å². The number of hydrogen-bond acceptors (Lipinski definition) is 6. The van der Waals surface area contributed by atoms with Crippen LogP contribution < -0.4 is 5.32 Å². The smallest absolute Gasteiger partial charge is 0.274 e. The van der Waals surface area contributed by atoms with Crippen molar-refractivity contribution in [2.45, 2.75) is 37.8 Å². The first-order chi connectivity index (χ1) is 15.8. The number of pyridine rings is 2. The summed E-state index contributed by atoms with van der Waals surface area (Å²) in [5.74, 6) is -3.79. The number of amides is 1. The number of benzene rings is 1. The molecule has 0 bridgehead atoms. The molecule has 0 spiro atoms. The highest BCUT2D eigenvalue weighted by molar-refractivity contribution is 6.03. The molecule has 4 rings (SSSR count). The minimum absolute atomic E-state index is 0.0872. The fourth-order valence-electron chi connectivity index (χ4n) is 3.71. The van der Waals surface area contributed by atoms with Gasteiger partial charge in [0.15, 0.2) is 0 Å². The molecule has 1 fully saturated rings. The summed E-state index contributed by atoms with van der Waals surface area (Å²) in [7, 11) is 0. The van der Waals surface area contributed by atoms with Crippen LogP contribution in [0.2, 0.25) is 0 Å². The average Bonchev–Trinajstić information content (AvgIpc) is 2.78. The second-order valence-electron chi connectivity index (χ2n) is 7.66. The number of nitrogens with one attached hydrogen (secondary N) is 1. The van der Waals surface area contributed by atoms with Crippen molar-refractivity contribution < 1.29 is 32.9 Å². The molecule has 3 N–H and O–H groups in total. The highest BCUT2D eigenvalue weighted by Gasteiger charge is 2.35. The average molecular weight is 459 g/mol. The molecule has 1 amide bonds. The van der Waals surface area contributed by atoms with Gasteiger partial charge in [0.25, 0.3) is 5.91 Å². The van der Waals surface area contributed by atoms with E-state index in [1.54, 1.807) is 13.0 Å². The van der Waals surface area contributed by atoms with Gasteiger partial charge in [0.1, 0.15) is 34.9 Å². The van der Waals surface area contributed by atoms with E-state index in [-0.39, 0.29) is 17.8 Å². The van der Waals surface area contributed by atoms with E-state index >= 15 is 0 Å². The predicted octanol–water partition coefficient (Wildman–Crippen LogP) is 3.38. The molecule has 0 aliphatic carbocycles. The minimum Gasteiger partial charge on any atom is -0.390 e. The molecule has 1 aliphatic rings. The van der Waals surface area contributed by atoms with Crippen LogP contribution in [-0.2, 0) is 4.74 Å². The number of aliphatic hydroxyl groups is 2. The number of carbonyl (C=O) groups excluding carboxylic acids is 1. The zero-order chi connectivity index (χ0) is 23.7. The fourth-order valence-corrected chi connectivity index (χ4v) is 3.71. The van der Waals surface area contributed by atoms with E-state index in [0.29, 0.717) is 5.56 Å². The molecule has 172 valence electrons. The maximum Gasteiger partial charge on any atom is 0.274 e. The number of rotatable bonds is 4.